The first-order valence-corrected chi connectivity index (χ1v) is 13.1. The molecule has 4 aromatic rings. The van der Waals surface area contributed by atoms with Crippen LogP contribution in [0.4, 0.5) is 11.4 Å². The fourth-order valence-electron chi connectivity index (χ4n) is 4.89. The maximum absolute atomic E-state index is 13.0. The number of aryl methyl sites for hydroxylation is 1. The van der Waals surface area contributed by atoms with Crippen molar-refractivity contribution in [3.8, 4) is 17.1 Å². The van der Waals surface area contributed by atoms with Crippen molar-refractivity contribution in [1.29, 1.82) is 0 Å². The van der Waals surface area contributed by atoms with E-state index in [0.29, 0.717) is 46.6 Å². The molecule has 1 saturated heterocycles. The van der Waals surface area contributed by atoms with Crippen LogP contribution in [0.25, 0.3) is 22.4 Å². The maximum atomic E-state index is 13.0. The second-order valence-electron chi connectivity index (χ2n) is 9.52. The summed E-state index contributed by atoms with van der Waals surface area (Å²) in [5, 5.41) is 14.4. The lowest BCUT2D eigenvalue weighted by Crippen LogP contribution is -2.44. The number of rotatable bonds is 9. The minimum absolute atomic E-state index is 0.0119. The number of aromatic nitrogens is 3. The Morgan fingerprint density at radius 3 is 2.90 bits per heavy atom. The molecular formula is C28H32ClN5O5. The van der Waals surface area contributed by atoms with Crippen molar-refractivity contribution in [3.05, 3.63) is 69.1 Å². The predicted molar refractivity (Wildman–Crippen MR) is 152 cm³/mol. The van der Waals surface area contributed by atoms with E-state index in [1.165, 1.54) is 7.11 Å². The van der Waals surface area contributed by atoms with Crippen LogP contribution < -0.4 is 20.5 Å². The lowest BCUT2D eigenvalue weighted by Gasteiger charge is -2.34. The van der Waals surface area contributed by atoms with Crippen molar-refractivity contribution >= 4 is 34.0 Å². The van der Waals surface area contributed by atoms with E-state index >= 15 is 0 Å². The molecule has 1 fully saturated rings. The zero-order valence-electron chi connectivity index (χ0n) is 22.1. The number of fused-ring (bicyclic) bond motifs is 1. The quantitative estimate of drug-likeness (QED) is 0.246. The highest BCUT2D eigenvalue weighted by Gasteiger charge is 2.23. The number of nitrogens with zero attached hydrogens (tertiary/aromatic N) is 2. The van der Waals surface area contributed by atoms with E-state index in [9.17, 15) is 9.90 Å². The van der Waals surface area contributed by atoms with Gasteiger partial charge in [-0.3, -0.25) is 4.79 Å². The monoisotopic (exact) mass is 553 g/mol. The normalized spacial score (nSPS) is 16.4. The predicted octanol–water partition coefficient (Wildman–Crippen LogP) is 3.89. The Morgan fingerprint density at radius 2 is 2.13 bits per heavy atom. The Bertz CT molecular complexity index is 1520. The molecule has 3 heterocycles. The van der Waals surface area contributed by atoms with Gasteiger partial charge >= 0.3 is 0 Å². The summed E-state index contributed by atoms with van der Waals surface area (Å²) in [5.41, 5.74) is 4.91. The fraction of sp³-hybridized carbons (Fsp3) is 0.357. The number of aromatic amines is 2. The number of anilines is 2. The molecule has 11 heteroatoms. The van der Waals surface area contributed by atoms with Gasteiger partial charge in [0.15, 0.2) is 0 Å². The zero-order chi connectivity index (χ0) is 27.5. The topological polar surface area (TPSA) is 125 Å². The summed E-state index contributed by atoms with van der Waals surface area (Å²) in [6.07, 6.45) is 0.709. The molecule has 39 heavy (non-hydrogen) atoms. The summed E-state index contributed by atoms with van der Waals surface area (Å²) >= 11 is 6.22. The number of methoxy groups -OCH3 is 2. The molecule has 0 spiro atoms. The van der Waals surface area contributed by atoms with Crippen LogP contribution in [0.2, 0.25) is 5.02 Å². The van der Waals surface area contributed by atoms with Crippen molar-refractivity contribution in [2.45, 2.75) is 19.1 Å². The van der Waals surface area contributed by atoms with Gasteiger partial charge < -0.3 is 39.5 Å². The van der Waals surface area contributed by atoms with Crippen LogP contribution in [-0.4, -0.2) is 73.2 Å². The standard InChI is InChI=1S/C28H32ClN5O5/c1-16-10-18(34-8-9-39-19(14-34)15-37-2)12-22-26(16)33-27(32-22)25-21(6-7-30-28(25)36)31-13-23(35)17-4-5-24(38-3)20(29)11-17/h4-7,10-12,19,23,35H,8-9,13-15H2,1-3H3,(H,32,33)(H2,30,31,36)/t19-,23+/m1/s1. The highest BCUT2D eigenvalue weighted by molar-refractivity contribution is 6.32. The summed E-state index contributed by atoms with van der Waals surface area (Å²) in [7, 11) is 3.21. The molecule has 206 valence electrons. The van der Waals surface area contributed by atoms with Crippen LogP contribution in [0, 0.1) is 6.92 Å². The molecule has 4 N–H and O–H groups in total. The number of nitrogens with one attached hydrogen (secondary N) is 3. The van der Waals surface area contributed by atoms with Gasteiger partial charge in [0.2, 0.25) is 0 Å². The van der Waals surface area contributed by atoms with Crippen molar-refractivity contribution in [3.63, 3.8) is 0 Å². The second-order valence-corrected chi connectivity index (χ2v) is 9.93. The van der Waals surface area contributed by atoms with Gasteiger partial charge in [-0.15, -0.1) is 0 Å². The van der Waals surface area contributed by atoms with Gasteiger partial charge in [-0.05, 0) is 48.4 Å². The van der Waals surface area contributed by atoms with Crippen molar-refractivity contribution in [2.75, 3.05) is 57.3 Å². The van der Waals surface area contributed by atoms with Crippen LogP contribution in [0.15, 0.2) is 47.4 Å². The SMILES string of the molecule is COC[C@H]1CN(c2cc(C)c3nc(-c4c(NC[C@H](O)c5ccc(OC)c(Cl)c5)cc[nH]c4=O)[nH]c3c2)CCO1. The number of H-pyrrole nitrogens is 2. The average molecular weight is 554 g/mol. The van der Waals surface area contributed by atoms with Gasteiger partial charge in [0, 0.05) is 38.6 Å². The number of imidazole rings is 1. The van der Waals surface area contributed by atoms with E-state index in [1.54, 1.807) is 37.6 Å². The third-order valence-electron chi connectivity index (χ3n) is 6.86. The Hall–Kier alpha value is -3.57. The first kappa shape index (κ1) is 27.0. The number of ether oxygens (including phenoxy) is 3. The second kappa shape index (κ2) is 11.7. The first-order valence-electron chi connectivity index (χ1n) is 12.7. The molecule has 0 saturated carbocycles. The van der Waals surface area contributed by atoms with Crippen molar-refractivity contribution in [2.24, 2.45) is 0 Å². The number of pyridine rings is 1. The van der Waals surface area contributed by atoms with E-state index in [-0.39, 0.29) is 18.2 Å². The Balaban J connectivity index is 1.41. The number of hydrogen-bond acceptors (Lipinski definition) is 8. The molecule has 2 aromatic carbocycles. The Labute approximate surface area is 230 Å². The fourth-order valence-corrected chi connectivity index (χ4v) is 5.15. The third kappa shape index (κ3) is 5.74. The van der Waals surface area contributed by atoms with Crippen LogP contribution in [0.1, 0.15) is 17.2 Å². The highest BCUT2D eigenvalue weighted by atomic mass is 35.5. The van der Waals surface area contributed by atoms with Crippen LogP contribution in [-0.2, 0) is 9.47 Å². The molecule has 0 aliphatic carbocycles. The average Bonchev–Trinajstić information content (AvgIpc) is 3.36. The van der Waals surface area contributed by atoms with Crippen molar-refractivity contribution < 1.29 is 19.3 Å². The van der Waals surface area contributed by atoms with Gasteiger partial charge in [0.1, 0.15) is 17.1 Å². The summed E-state index contributed by atoms with van der Waals surface area (Å²) in [5.74, 6) is 0.972. The number of hydrogen-bond donors (Lipinski definition) is 4. The summed E-state index contributed by atoms with van der Waals surface area (Å²) in [6, 6.07) is 11.0. The van der Waals surface area contributed by atoms with E-state index in [2.05, 4.69) is 32.3 Å². The van der Waals surface area contributed by atoms with Gasteiger partial charge in [-0.25, -0.2) is 4.98 Å². The minimum atomic E-state index is -0.864. The number of aliphatic hydroxyl groups is 1. The Morgan fingerprint density at radius 1 is 1.28 bits per heavy atom. The van der Waals surface area contributed by atoms with E-state index in [1.807, 2.05) is 6.92 Å². The number of halogens is 1. The number of aliphatic hydroxyl groups excluding tert-OH is 1. The van der Waals surface area contributed by atoms with Gasteiger partial charge in [-0.1, -0.05) is 17.7 Å². The Kier molecular flexibility index (Phi) is 8.08. The van der Waals surface area contributed by atoms with Gasteiger partial charge in [0.05, 0.1) is 54.3 Å². The number of benzene rings is 2. The minimum Gasteiger partial charge on any atom is -0.495 e. The molecule has 2 atom stereocenters. The summed E-state index contributed by atoms with van der Waals surface area (Å²) in [6.45, 7) is 4.84. The molecule has 2 aromatic heterocycles. The summed E-state index contributed by atoms with van der Waals surface area (Å²) in [4.78, 5) is 26.1. The zero-order valence-corrected chi connectivity index (χ0v) is 22.8. The molecule has 0 radical (unpaired) electrons. The van der Waals surface area contributed by atoms with E-state index in [0.717, 1.165) is 35.4 Å². The smallest absolute Gasteiger partial charge is 0.261 e. The van der Waals surface area contributed by atoms with Crippen LogP contribution in [0.3, 0.4) is 0 Å². The first-order chi connectivity index (χ1) is 18.9. The molecule has 0 unspecified atom stereocenters. The number of morpholine rings is 1. The summed E-state index contributed by atoms with van der Waals surface area (Å²) < 4.78 is 16.3. The molecule has 5 rings (SSSR count). The molecule has 1 aliphatic rings. The van der Waals surface area contributed by atoms with E-state index < -0.39 is 6.10 Å². The molecule has 0 amide bonds. The molecule has 1 aliphatic heterocycles. The molecular weight excluding hydrogens is 522 g/mol. The maximum Gasteiger partial charge on any atom is 0.261 e. The third-order valence-corrected chi connectivity index (χ3v) is 7.16. The lowest BCUT2D eigenvalue weighted by atomic mass is 10.1. The largest absolute Gasteiger partial charge is 0.495 e. The lowest BCUT2D eigenvalue weighted by molar-refractivity contribution is -0.0100. The van der Waals surface area contributed by atoms with Gasteiger partial charge in [-0.2, -0.15) is 0 Å². The van der Waals surface area contributed by atoms with Crippen molar-refractivity contribution in [1.82, 2.24) is 15.0 Å². The van der Waals surface area contributed by atoms with Crippen LogP contribution in [0.5, 0.6) is 5.75 Å². The highest BCUT2D eigenvalue weighted by Crippen LogP contribution is 2.31. The van der Waals surface area contributed by atoms with Crippen LogP contribution >= 0.6 is 11.6 Å². The van der Waals surface area contributed by atoms with Gasteiger partial charge in [0.25, 0.3) is 5.56 Å². The molecule has 0 bridgehead atoms. The molecule has 10 nitrogen and oxygen atoms in total. The van der Waals surface area contributed by atoms with E-state index in [4.69, 9.17) is 30.8 Å².